The van der Waals surface area contributed by atoms with Gasteiger partial charge in [0.05, 0.1) is 14.5 Å². The van der Waals surface area contributed by atoms with Gasteiger partial charge in [-0.25, -0.2) is 17.2 Å². The van der Waals surface area contributed by atoms with Gasteiger partial charge in [0, 0.05) is 6.07 Å². The molecule has 0 spiro atoms. The second kappa shape index (κ2) is 5.35. The lowest BCUT2D eigenvalue weighted by molar-refractivity contribution is 0.592. The lowest BCUT2D eigenvalue weighted by Gasteiger charge is -2.08. The van der Waals surface area contributed by atoms with E-state index in [2.05, 4.69) is 15.9 Å². The molecule has 0 aliphatic carbocycles. The second-order valence-electron chi connectivity index (χ2n) is 3.41. The Balaban J connectivity index is 2.38. The molecule has 0 unspecified atom stereocenters. The van der Waals surface area contributed by atoms with E-state index in [1.807, 2.05) is 4.72 Å². The van der Waals surface area contributed by atoms with E-state index in [0.717, 1.165) is 23.5 Å². The Bertz CT molecular complexity index is 733. The quantitative estimate of drug-likeness (QED) is 0.799. The molecule has 0 aliphatic rings. The van der Waals surface area contributed by atoms with Gasteiger partial charge in [0.25, 0.3) is 10.0 Å². The molecule has 2 aromatic rings. The van der Waals surface area contributed by atoms with Crippen LogP contribution in [0.1, 0.15) is 0 Å². The lowest BCUT2D eigenvalue weighted by atomic mass is 10.3. The molecule has 1 aromatic heterocycles. The molecule has 0 fully saturated rings. The average molecular weight is 389 g/mol. The maximum atomic E-state index is 13.5. The molecule has 0 radical (unpaired) electrons. The summed E-state index contributed by atoms with van der Waals surface area (Å²) in [6.45, 7) is 0. The molecule has 2 rings (SSSR count). The van der Waals surface area contributed by atoms with Crippen molar-refractivity contribution in [1.82, 2.24) is 0 Å². The van der Waals surface area contributed by atoms with E-state index in [4.69, 9.17) is 11.6 Å². The van der Waals surface area contributed by atoms with Crippen LogP contribution in [0.3, 0.4) is 0 Å². The Morgan fingerprint density at radius 1 is 1.21 bits per heavy atom. The minimum Gasteiger partial charge on any atom is -0.276 e. The van der Waals surface area contributed by atoms with E-state index in [0.29, 0.717) is 0 Å². The van der Waals surface area contributed by atoms with Crippen molar-refractivity contribution >= 4 is 54.6 Å². The normalized spacial score (nSPS) is 11.6. The van der Waals surface area contributed by atoms with Crippen LogP contribution in [0, 0.1) is 11.6 Å². The van der Waals surface area contributed by atoms with Crippen molar-refractivity contribution in [1.29, 1.82) is 0 Å². The fourth-order valence-corrected chi connectivity index (χ4v) is 4.09. The topological polar surface area (TPSA) is 46.2 Å². The highest BCUT2D eigenvalue weighted by molar-refractivity contribution is 9.10. The molecule has 102 valence electrons. The van der Waals surface area contributed by atoms with Crippen molar-refractivity contribution in [2.45, 2.75) is 4.21 Å². The third-order valence-electron chi connectivity index (χ3n) is 2.07. The Labute approximate surface area is 125 Å². The summed E-state index contributed by atoms with van der Waals surface area (Å²) in [6, 6.07) is 4.28. The van der Waals surface area contributed by atoms with Gasteiger partial charge in [-0.15, -0.1) is 11.3 Å². The zero-order valence-corrected chi connectivity index (χ0v) is 12.9. The first-order valence-corrected chi connectivity index (χ1v) is 8.19. The van der Waals surface area contributed by atoms with Crippen LogP contribution in [0.2, 0.25) is 4.34 Å². The van der Waals surface area contributed by atoms with Gasteiger partial charge in [0.1, 0.15) is 15.8 Å². The molecule has 1 heterocycles. The lowest BCUT2D eigenvalue weighted by Crippen LogP contribution is -2.12. The van der Waals surface area contributed by atoms with Crippen LogP contribution in [-0.4, -0.2) is 8.42 Å². The number of anilines is 1. The first kappa shape index (κ1) is 14.7. The molecule has 9 heteroatoms. The number of sulfonamides is 1. The van der Waals surface area contributed by atoms with Crippen molar-refractivity contribution in [3.63, 3.8) is 0 Å². The molecule has 0 atom stereocenters. The van der Waals surface area contributed by atoms with Crippen molar-refractivity contribution in [3.05, 3.63) is 44.7 Å². The summed E-state index contributed by atoms with van der Waals surface area (Å²) in [5.41, 5.74) is -0.467. The van der Waals surface area contributed by atoms with Crippen LogP contribution >= 0.6 is 38.9 Å². The van der Waals surface area contributed by atoms with Gasteiger partial charge in [-0.1, -0.05) is 11.6 Å². The monoisotopic (exact) mass is 387 g/mol. The zero-order chi connectivity index (χ0) is 14.2. The van der Waals surface area contributed by atoms with Gasteiger partial charge in [-0.3, -0.25) is 4.72 Å². The maximum Gasteiger partial charge on any atom is 0.271 e. The summed E-state index contributed by atoms with van der Waals surface area (Å²) in [5.74, 6) is -1.66. The van der Waals surface area contributed by atoms with Crippen molar-refractivity contribution in [3.8, 4) is 0 Å². The summed E-state index contributed by atoms with van der Waals surface area (Å²) >= 11 is 9.25. The number of hydrogen-bond donors (Lipinski definition) is 1. The van der Waals surface area contributed by atoms with Gasteiger partial charge in [0.15, 0.2) is 0 Å². The predicted molar refractivity (Wildman–Crippen MR) is 74.2 cm³/mol. The predicted octanol–water partition coefficient (Wildman–Crippen LogP) is 4.24. The Morgan fingerprint density at radius 3 is 2.47 bits per heavy atom. The average Bonchev–Trinajstić information content (AvgIpc) is 2.73. The third-order valence-corrected chi connectivity index (χ3v) is 5.76. The van der Waals surface area contributed by atoms with Crippen LogP contribution in [0.15, 0.2) is 32.9 Å². The number of rotatable bonds is 3. The number of halogens is 4. The summed E-state index contributed by atoms with van der Waals surface area (Å²) in [6.07, 6.45) is 0. The summed E-state index contributed by atoms with van der Waals surface area (Å²) in [5, 5.41) is 0. The van der Waals surface area contributed by atoms with Gasteiger partial charge >= 0.3 is 0 Å². The molecular formula is C10H5BrClF2NO2S2. The molecule has 0 aliphatic heterocycles. The van der Waals surface area contributed by atoms with E-state index >= 15 is 0 Å². The SMILES string of the molecule is O=S(=O)(Nc1cc(F)c(Br)cc1F)c1ccc(Cl)s1. The fourth-order valence-electron chi connectivity index (χ4n) is 1.24. The highest BCUT2D eigenvalue weighted by Crippen LogP contribution is 2.29. The Morgan fingerprint density at radius 2 is 1.89 bits per heavy atom. The van der Waals surface area contributed by atoms with Crippen LogP contribution in [0.5, 0.6) is 0 Å². The van der Waals surface area contributed by atoms with E-state index in [1.165, 1.54) is 12.1 Å². The Hall–Kier alpha value is -0.700. The molecular weight excluding hydrogens is 384 g/mol. The van der Waals surface area contributed by atoms with E-state index in [9.17, 15) is 17.2 Å². The minimum atomic E-state index is -3.98. The van der Waals surface area contributed by atoms with Crippen LogP contribution in [0.4, 0.5) is 14.5 Å². The van der Waals surface area contributed by atoms with Crippen LogP contribution in [0.25, 0.3) is 0 Å². The van der Waals surface area contributed by atoms with Crippen molar-refractivity contribution in [2.24, 2.45) is 0 Å². The summed E-state index contributed by atoms with van der Waals surface area (Å²) < 4.78 is 52.7. The first-order chi connectivity index (χ1) is 8.79. The smallest absolute Gasteiger partial charge is 0.271 e. The number of hydrogen-bond acceptors (Lipinski definition) is 3. The molecule has 0 saturated carbocycles. The van der Waals surface area contributed by atoms with E-state index in [1.54, 1.807) is 0 Å². The Kier molecular flexibility index (Phi) is 4.14. The molecule has 1 N–H and O–H groups in total. The molecule has 3 nitrogen and oxygen atoms in total. The highest BCUT2D eigenvalue weighted by atomic mass is 79.9. The van der Waals surface area contributed by atoms with Crippen LogP contribution < -0.4 is 4.72 Å². The first-order valence-electron chi connectivity index (χ1n) is 4.72. The fraction of sp³-hybridized carbons (Fsp3) is 0. The minimum absolute atomic E-state index is 0.0831. The van der Waals surface area contributed by atoms with E-state index < -0.39 is 27.3 Å². The third kappa shape index (κ3) is 3.25. The number of thiophene rings is 1. The summed E-state index contributed by atoms with van der Waals surface area (Å²) in [7, 11) is -3.98. The number of nitrogens with one attached hydrogen (secondary N) is 1. The molecule has 0 bridgehead atoms. The van der Waals surface area contributed by atoms with Gasteiger partial charge in [-0.05, 0) is 34.1 Å². The largest absolute Gasteiger partial charge is 0.276 e. The van der Waals surface area contributed by atoms with Crippen molar-refractivity contribution in [2.75, 3.05) is 4.72 Å². The van der Waals surface area contributed by atoms with Crippen molar-refractivity contribution < 1.29 is 17.2 Å². The second-order valence-corrected chi connectivity index (χ2v) is 7.89. The molecule has 0 saturated heterocycles. The maximum absolute atomic E-state index is 13.5. The van der Waals surface area contributed by atoms with E-state index in [-0.39, 0.29) is 13.0 Å². The molecule has 19 heavy (non-hydrogen) atoms. The highest BCUT2D eigenvalue weighted by Gasteiger charge is 2.19. The van der Waals surface area contributed by atoms with Gasteiger partial charge in [-0.2, -0.15) is 0 Å². The molecule has 0 amide bonds. The van der Waals surface area contributed by atoms with Gasteiger partial charge < -0.3 is 0 Å². The summed E-state index contributed by atoms with van der Waals surface area (Å²) in [4.78, 5) is 0. The molecule has 1 aromatic carbocycles. The van der Waals surface area contributed by atoms with Gasteiger partial charge in [0.2, 0.25) is 0 Å². The zero-order valence-electron chi connectivity index (χ0n) is 8.95. The van der Waals surface area contributed by atoms with Crippen LogP contribution in [-0.2, 0) is 10.0 Å². The standard InChI is InChI=1S/C10H5BrClF2NO2S2/c11-5-3-7(14)8(4-6(5)13)15-19(16,17)10-2-1-9(12)18-10/h1-4,15H. The number of benzene rings is 1.